The molecule has 2 heteroatoms. The Morgan fingerprint density at radius 2 is 1.58 bits per heavy atom. The van der Waals surface area contributed by atoms with Crippen molar-refractivity contribution in [2.75, 3.05) is 0 Å². The van der Waals surface area contributed by atoms with E-state index in [1.54, 1.807) is 0 Å². The molecule has 0 saturated heterocycles. The lowest BCUT2D eigenvalue weighted by molar-refractivity contribution is 0.669. The van der Waals surface area contributed by atoms with E-state index in [0.717, 1.165) is 34.2 Å². The Labute approximate surface area is 180 Å². The Bertz CT molecular complexity index is 1570. The van der Waals surface area contributed by atoms with E-state index in [0.29, 0.717) is 0 Å². The molecule has 0 radical (unpaired) electrons. The first-order chi connectivity index (χ1) is 15.3. The molecule has 0 aliphatic heterocycles. The smallest absolute Gasteiger partial charge is 0.145 e. The van der Waals surface area contributed by atoms with E-state index in [2.05, 4.69) is 85.8 Å². The summed E-state index contributed by atoms with van der Waals surface area (Å²) in [5.74, 6) is 0. The van der Waals surface area contributed by atoms with Crippen LogP contribution in [-0.4, -0.2) is 4.98 Å². The van der Waals surface area contributed by atoms with E-state index in [4.69, 9.17) is 9.40 Å². The third-order valence-electron chi connectivity index (χ3n) is 6.11. The van der Waals surface area contributed by atoms with Gasteiger partial charge in [0, 0.05) is 22.5 Å². The van der Waals surface area contributed by atoms with Gasteiger partial charge in [-0.3, -0.25) is 4.98 Å². The van der Waals surface area contributed by atoms with Crippen molar-refractivity contribution in [3.05, 3.63) is 114 Å². The summed E-state index contributed by atoms with van der Waals surface area (Å²) in [6.07, 6.45) is 2.77. The summed E-state index contributed by atoms with van der Waals surface area (Å²) in [6, 6.07) is 31.9. The Morgan fingerprint density at radius 1 is 0.774 bits per heavy atom. The van der Waals surface area contributed by atoms with E-state index >= 15 is 0 Å². The third kappa shape index (κ3) is 3.00. The zero-order valence-corrected chi connectivity index (χ0v) is 17.3. The minimum Gasteiger partial charge on any atom is -0.455 e. The fraction of sp³-hybridized carbons (Fsp3) is 0.0690. The second kappa shape index (κ2) is 7.10. The summed E-state index contributed by atoms with van der Waals surface area (Å²) in [7, 11) is 0. The van der Waals surface area contributed by atoms with E-state index in [1.165, 1.54) is 32.8 Å². The largest absolute Gasteiger partial charge is 0.455 e. The number of aryl methyl sites for hydroxylation is 1. The Hall–Kier alpha value is -3.91. The SMILES string of the molecule is Cc1ccc(-c2cc(Cc3cccc4ccccc34)ccn2)c2oc3ccccc3c12. The molecule has 2 nitrogen and oxygen atoms in total. The summed E-state index contributed by atoms with van der Waals surface area (Å²) in [4.78, 5) is 4.70. The average molecular weight is 399 g/mol. The predicted molar refractivity (Wildman–Crippen MR) is 128 cm³/mol. The summed E-state index contributed by atoms with van der Waals surface area (Å²) in [5, 5.41) is 4.91. The van der Waals surface area contributed by atoms with Crippen molar-refractivity contribution >= 4 is 32.7 Å². The first kappa shape index (κ1) is 17.9. The lowest BCUT2D eigenvalue weighted by atomic mass is 9.97. The summed E-state index contributed by atoms with van der Waals surface area (Å²) in [6.45, 7) is 2.14. The molecular weight excluding hydrogens is 378 g/mol. The van der Waals surface area contributed by atoms with Crippen LogP contribution in [0, 0.1) is 6.92 Å². The highest BCUT2D eigenvalue weighted by atomic mass is 16.3. The molecule has 0 saturated carbocycles. The molecule has 0 fully saturated rings. The van der Waals surface area contributed by atoms with Crippen molar-refractivity contribution in [3.8, 4) is 11.3 Å². The van der Waals surface area contributed by atoms with Crippen molar-refractivity contribution < 1.29 is 4.42 Å². The molecule has 4 aromatic carbocycles. The quantitative estimate of drug-likeness (QED) is 0.305. The topological polar surface area (TPSA) is 26.0 Å². The highest BCUT2D eigenvalue weighted by Gasteiger charge is 2.15. The van der Waals surface area contributed by atoms with Gasteiger partial charge in [0.15, 0.2) is 0 Å². The van der Waals surface area contributed by atoms with E-state index in [9.17, 15) is 0 Å². The molecule has 0 aliphatic carbocycles. The van der Waals surface area contributed by atoms with Gasteiger partial charge >= 0.3 is 0 Å². The number of hydrogen-bond donors (Lipinski definition) is 0. The fourth-order valence-electron chi connectivity index (χ4n) is 4.59. The third-order valence-corrected chi connectivity index (χ3v) is 6.11. The first-order valence-corrected chi connectivity index (χ1v) is 10.6. The average Bonchev–Trinajstić information content (AvgIpc) is 3.20. The number of hydrogen-bond acceptors (Lipinski definition) is 2. The van der Waals surface area contributed by atoms with Gasteiger partial charge in [0.2, 0.25) is 0 Å². The lowest BCUT2D eigenvalue weighted by Gasteiger charge is -2.09. The number of benzene rings is 4. The Kier molecular flexibility index (Phi) is 4.10. The van der Waals surface area contributed by atoms with Gasteiger partial charge in [0.1, 0.15) is 11.2 Å². The van der Waals surface area contributed by atoms with Gasteiger partial charge in [0.05, 0.1) is 5.69 Å². The monoisotopic (exact) mass is 399 g/mol. The van der Waals surface area contributed by atoms with Gasteiger partial charge in [-0.15, -0.1) is 0 Å². The summed E-state index contributed by atoms with van der Waals surface area (Å²) < 4.78 is 6.29. The minimum atomic E-state index is 0.867. The van der Waals surface area contributed by atoms with E-state index in [-0.39, 0.29) is 0 Å². The number of fused-ring (bicyclic) bond motifs is 4. The van der Waals surface area contributed by atoms with Gasteiger partial charge in [-0.2, -0.15) is 0 Å². The molecule has 6 aromatic rings. The second-order valence-electron chi connectivity index (χ2n) is 8.10. The number of nitrogens with zero attached hydrogens (tertiary/aromatic N) is 1. The second-order valence-corrected chi connectivity index (χ2v) is 8.10. The van der Waals surface area contributed by atoms with Crippen molar-refractivity contribution in [1.82, 2.24) is 4.98 Å². The molecule has 0 bridgehead atoms. The Morgan fingerprint density at radius 3 is 2.52 bits per heavy atom. The summed E-state index contributed by atoms with van der Waals surface area (Å²) >= 11 is 0. The van der Waals surface area contributed by atoms with Gasteiger partial charge < -0.3 is 4.42 Å². The number of para-hydroxylation sites is 1. The normalized spacial score (nSPS) is 11.5. The molecule has 148 valence electrons. The van der Waals surface area contributed by atoms with Crippen molar-refractivity contribution in [2.45, 2.75) is 13.3 Å². The van der Waals surface area contributed by atoms with Crippen LogP contribution < -0.4 is 0 Å². The molecule has 2 heterocycles. The number of aromatic nitrogens is 1. The minimum absolute atomic E-state index is 0.867. The zero-order chi connectivity index (χ0) is 20.8. The first-order valence-electron chi connectivity index (χ1n) is 10.6. The van der Waals surface area contributed by atoms with Gasteiger partial charge in [-0.25, -0.2) is 0 Å². The van der Waals surface area contributed by atoms with Crippen LogP contribution in [0.15, 0.2) is 102 Å². The number of rotatable bonds is 3. The van der Waals surface area contributed by atoms with Crippen molar-refractivity contribution in [2.24, 2.45) is 0 Å². The maximum atomic E-state index is 6.29. The van der Waals surface area contributed by atoms with Crippen LogP contribution in [0.3, 0.4) is 0 Å². The van der Waals surface area contributed by atoms with Crippen LogP contribution in [0.1, 0.15) is 16.7 Å². The lowest BCUT2D eigenvalue weighted by Crippen LogP contribution is -1.93. The van der Waals surface area contributed by atoms with E-state index < -0.39 is 0 Å². The summed E-state index contributed by atoms with van der Waals surface area (Å²) in [5.41, 5.74) is 7.60. The maximum Gasteiger partial charge on any atom is 0.145 e. The molecule has 2 aromatic heterocycles. The molecule has 0 spiro atoms. The van der Waals surface area contributed by atoms with Crippen LogP contribution >= 0.6 is 0 Å². The van der Waals surface area contributed by atoms with Crippen LogP contribution in [0.4, 0.5) is 0 Å². The maximum absolute atomic E-state index is 6.29. The van der Waals surface area contributed by atoms with Crippen LogP contribution in [0.25, 0.3) is 44.0 Å². The molecule has 0 atom stereocenters. The van der Waals surface area contributed by atoms with Gasteiger partial charge in [0.25, 0.3) is 0 Å². The zero-order valence-electron chi connectivity index (χ0n) is 17.3. The van der Waals surface area contributed by atoms with Crippen molar-refractivity contribution in [1.29, 1.82) is 0 Å². The van der Waals surface area contributed by atoms with Crippen LogP contribution in [0.2, 0.25) is 0 Å². The highest BCUT2D eigenvalue weighted by molar-refractivity contribution is 6.10. The number of furan rings is 1. The van der Waals surface area contributed by atoms with Crippen molar-refractivity contribution in [3.63, 3.8) is 0 Å². The standard InChI is InChI=1S/C29H21NO/c1-19-13-14-24(29-28(19)25-11-4-5-12-27(25)31-29)26-18-20(15-16-30-26)17-22-9-6-8-21-7-2-3-10-23(21)22/h2-16,18H,17H2,1H3. The molecule has 0 unspecified atom stereocenters. The predicted octanol–water partition coefficient (Wildman–Crippen LogP) is 7.70. The fourth-order valence-corrected chi connectivity index (χ4v) is 4.59. The van der Waals surface area contributed by atoms with Gasteiger partial charge in [-0.05, 0) is 65.1 Å². The molecule has 31 heavy (non-hydrogen) atoms. The van der Waals surface area contributed by atoms with Gasteiger partial charge in [-0.1, -0.05) is 66.7 Å². The molecular formula is C29H21NO. The van der Waals surface area contributed by atoms with Crippen LogP contribution in [0.5, 0.6) is 0 Å². The highest BCUT2D eigenvalue weighted by Crippen LogP contribution is 2.37. The molecule has 0 aliphatic rings. The molecule has 0 amide bonds. The Balaban J connectivity index is 1.48. The van der Waals surface area contributed by atoms with E-state index in [1.807, 2.05) is 18.3 Å². The molecule has 6 rings (SSSR count). The molecule has 0 N–H and O–H groups in total. The number of pyridine rings is 1. The van der Waals surface area contributed by atoms with Crippen LogP contribution in [-0.2, 0) is 6.42 Å².